The lowest BCUT2D eigenvalue weighted by Crippen LogP contribution is -2.47. The summed E-state index contributed by atoms with van der Waals surface area (Å²) in [7, 11) is 3.50. The molecule has 1 aromatic rings. The van der Waals surface area contributed by atoms with E-state index < -0.39 is 11.7 Å². The van der Waals surface area contributed by atoms with Crippen molar-refractivity contribution in [2.24, 2.45) is 5.41 Å². The highest BCUT2D eigenvalue weighted by atomic mass is 19.4. The maximum Gasteiger partial charge on any atom is 0.416 e. The van der Waals surface area contributed by atoms with Gasteiger partial charge in [-0.05, 0) is 36.6 Å². The number of hydrogen-bond donors (Lipinski definition) is 1. The second-order valence-corrected chi connectivity index (χ2v) is 6.32. The number of halogens is 3. The van der Waals surface area contributed by atoms with E-state index in [1.807, 2.05) is 7.05 Å². The molecule has 0 spiro atoms. The summed E-state index contributed by atoms with van der Waals surface area (Å²) in [6.07, 6.45) is -3.71. The molecule has 0 fully saturated rings. The van der Waals surface area contributed by atoms with Crippen LogP contribution in [0.25, 0.3) is 0 Å². The van der Waals surface area contributed by atoms with Crippen LogP contribution in [0, 0.1) is 5.41 Å². The highest BCUT2D eigenvalue weighted by molar-refractivity contribution is 5.25. The number of nitrogens with one attached hydrogen (secondary N) is 1. The third-order valence-electron chi connectivity index (χ3n) is 3.58. The summed E-state index contributed by atoms with van der Waals surface area (Å²) in [5.74, 6) is 0. The molecule has 5 heteroatoms. The SMILES string of the molecule is CNC(Cc1ccc(C(F)(F)F)cc1)C(OC)C(C)(C)C. The fourth-order valence-corrected chi connectivity index (χ4v) is 2.57. The van der Waals surface area contributed by atoms with Gasteiger partial charge in [-0.15, -0.1) is 0 Å². The highest BCUT2D eigenvalue weighted by Gasteiger charge is 2.32. The predicted octanol–water partition coefficient (Wildman–Crippen LogP) is 3.90. The predicted molar refractivity (Wildman–Crippen MR) is 78.2 cm³/mol. The lowest BCUT2D eigenvalue weighted by molar-refractivity contribution is -0.137. The molecule has 0 aliphatic rings. The fraction of sp³-hybridized carbons (Fsp3) is 0.625. The maximum absolute atomic E-state index is 12.6. The number of hydrogen-bond acceptors (Lipinski definition) is 2. The van der Waals surface area contributed by atoms with Crippen molar-refractivity contribution in [3.63, 3.8) is 0 Å². The van der Waals surface area contributed by atoms with Crippen LogP contribution in [-0.2, 0) is 17.3 Å². The molecule has 2 atom stereocenters. The Morgan fingerprint density at radius 2 is 1.62 bits per heavy atom. The molecule has 0 saturated heterocycles. The van der Waals surface area contributed by atoms with Crippen LogP contribution >= 0.6 is 0 Å². The summed E-state index contributed by atoms with van der Waals surface area (Å²) in [6.45, 7) is 6.24. The van der Waals surface area contributed by atoms with E-state index in [2.05, 4.69) is 26.1 Å². The van der Waals surface area contributed by atoms with Gasteiger partial charge in [0.2, 0.25) is 0 Å². The Balaban J connectivity index is 2.87. The second kappa shape index (κ2) is 6.79. The zero-order chi connectivity index (χ0) is 16.3. The molecule has 0 heterocycles. The van der Waals surface area contributed by atoms with Gasteiger partial charge in [-0.3, -0.25) is 0 Å². The lowest BCUT2D eigenvalue weighted by atomic mass is 9.82. The van der Waals surface area contributed by atoms with Crippen LogP contribution in [0.5, 0.6) is 0 Å². The molecular weight excluding hydrogens is 279 g/mol. The Morgan fingerprint density at radius 1 is 1.10 bits per heavy atom. The van der Waals surface area contributed by atoms with Crippen LogP contribution in [0.15, 0.2) is 24.3 Å². The van der Waals surface area contributed by atoms with Gasteiger partial charge >= 0.3 is 6.18 Å². The summed E-state index contributed by atoms with van der Waals surface area (Å²) in [4.78, 5) is 0. The van der Waals surface area contributed by atoms with Gasteiger partial charge in [-0.25, -0.2) is 0 Å². The first-order valence-corrected chi connectivity index (χ1v) is 6.95. The first-order chi connectivity index (χ1) is 9.59. The van der Waals surface area contributed by atoms with Crippen molar-refractivity contribution in [1.29, 1.82) is 0 Å². The van der Waals surface area contributed by atoms with Crippen LogP contribution in [0.4, 0.5) is 13.2 Å². The largest absolute Gasteiger partial charge is 0.416 e. The van der Waals surface area contributed by atoms with Crippen molar-refractivity contribution in [1.82, 2.24) is 5.32 Å². The van der Waals surface area contributed by atoms with Gasteiger partial charge in [0.05, 0.1) is 11.7 Å². The van der Waals surface area contributed by atoms with E-state index >= 15 is 0 Å². The van der Waals surface area contributed by atoms with Crippen molar-refractivity contribution in [2.75, 3.05) is 14.2 Å². The first kappa shape index (κ1) is 18.0. The highest BCUT2D eigenvalue weighted by Crippen LogP contribution is 2.30. The van der Waals surface area contributed by atoms with Gasteiger partial charge in [-0.1, -0.05) is 32.9 Å². The lowest BCUT2D eigenvalue weighted by Gasteiger charge is -2.36. The minimum absolute atomic E-state index is 0.0340. The molecule has 0 saturated carbocycles. The van der Waals surface area contributed by atoms with Crippen LogP contribution < -0.4 is 5.32 Å². The molecule has 2 unspecified atom stereocenters. The first-order valence-electron chi connectivity index (χ1n) is 6.95. The molecule has 120 valence electrons. The van der Waals surface area contributed by atoms with Crippen molar-refractivity contribution < 1.29 is 17.9 Å². The number of benzene rings is 1. The fourth-order valence-electron chi connectivity index (χ4n) is 2.57. The average Bonchev–Trinajstić information content (AvgIpc) is 2.36. The van der Waals surface area contributed by atoms with Crippen molar-refractivity contribution >= 4 is 0 Å². The number of likely N-dealkylation sites (N-methyl/N-ethyl adjacent to an activating group) is 1. The molecule has 1 rings (SSSR count). The minimum Gasteiger partial charge on any atom is -0.379 e. The topological polar surface area (TPSA) is 21.3 Å². The standard InChI is InChI=1S/C16H24F3NO/c1-15(2,3)14(21-5)13(20-4)10-11-6-8-12(9-7-11)16(17,18)19/h6-9,13-14,20H,10H2,1-5H3. The molecule has 0 aliphatic heterocycles. The smallest absolute Gasteiger partial charge is 0.379 e. The van der Waals surface area contributed by atoms with Crippen LogP contribution in [0.3, 0.4) is 0 Å². The quantitative estimate of drug-likeness (QED) is 0.891. The Labute approximate surface area is 124 Å². The molecular formula is C16H24F3NO. The van der Waals surface area contributed by atoms with E-state index in [0.29, 0.717) is 6.42 Å². The van der Waals surface area contributed by atoms with Crippen LogP contribution in [0.1, 0.15) is 31.9 Å². The van der Waals surface area contributed by atoms with E-state index in [-0.39, 0.29) is 17.6 Å². The second-order valence-electron chi connectivity index (χ2n) is 6.32. The van der Waals surface area contributed by atoms with Gasteiger partial charge < -0.3 is 10.1 Å². The summed E-state index contributed by atoms with van der Waals surface area (Å²) < 4.78 is 43.2. The van der Waals surface area contributed by atoms with Crippen molar-refractivity contribution in [3.05, 3.63) is 35.4 Å². The molecule has 1 N–H and O–H groups in total. The van der Waals surface area contributed by atoms with Gasteiger partial charge in [-0.2, -0.15) is 13.2 Å². The normalized spacial score (nSPS) is 15.8. The van der Waals surface area contributed by atoms with E-state index in [0.717, 1.165) is 17.7 Å². The van der Waals surface area contributed by atoms with E-state index in [1.54, 1.807) is 7.11 Å². The van der Waals surface area contributed by atoms with Gasteiger partial charge in [0.15, 0.2) is 0 Å². The Kier molecular flexibility index (Phi) is 5.82. The Morgan fingerprint density at radius 3 is 1.95 bits per heavy atom. The molecule has 0 amide bonds. The van der Waals surface area contributed by atoms with Crippen molar-refractivity contribution in [3.8, 4) is 0 Å². The average molecular weight is 303 g/mol. The summed E-state index contributed by atoms with van der Waals surface area (Å²) in [6, 6.07) is 5.35. The van der Waals surface area contributed by atoms with Gasteiger partial charge in [0.1, 0.15) is 0 Å². The third-order valence-corrected chi connectivity index (χ3v) is 3.58. The molecule has 1 aromatic carbocycles. The van der Waals surface area contributed by atoms with Crippen molar-refractivity contribution in [2.45, 2.75) is 45.5 Å². The van der Waals surface area contributed by atoms with Gasteiger partial charge in [0, 0.05) is 13.2 Å². The van der Waals surface area contributed by atoms with E-state index in [4.69, 9.17) is 4.74 Å². The zero-order valence-electron chi connectivity index (χ0n) is 13.2. The third kappa shape index (κ3) is 5.00. The van der Waals surface area contributed by atoms with E-state index in [9.17, 15) is 13.2 Å². The minimum atomic E-state index is -4.29. The maximum atomic E-state index is 12.6. The summed E-state index contributed by atoms with van der Waals surface area (Å²) in [5, 5.41) is 3.21. The van der Waals surface area contributed by atoms with Crippen LogP contribution in [0.2, 0.25) is 0 Å². The molecule has 0 aliphatic carbocycles. The van der Waals surface area contributed by atoms with Gasteiger partial charge in [0.25, 0.3) is 0 Å². The van der Waals surface area contributed by atoms with E-state index in [1.165, 1.54) is 12.1 Å². The van der Waals surface area contributed by atoms with Crippen LogP contribution in [-0.4, -0.2) is 26.3 Å². The molecule has 2 nitrogen and oxygen atoms in total. The monoisotopic (exact) mass is 303 g/mol. The number of methoxy groups -OCH3 is 1. The Bertz CT molecular complexity index is 434. The molecule has 0 radical (unpaired) electrons. The molecule has 0 bridgehead atoms. The Hall–Kier alpha value is -1.07. The number of alkyl halides is 3. The number of ether oxygens (including phenoxy) is 1. The summed E-state index contributed by atoms with van der Waals surface area (Å²) in [5.41, 5.74) is 0.175. The molecule has 0 aromatic heterocycles. The molecule has 21 heavy (non-hydrogen) atoms. The number of rotatable bonds is 5. The zero-order valence-corrected chi connectivity index (χ0v) is 13.2. The summed E-state index contributed by atoms with van der Waals surface area (Å²) >= 11 is 0.